The Bertz CT molecular complexity index is 699. The van der Waals surface area contributed by atoms with Gasteiger partial charge in [-0.15, -0.1) is 0 Å². The van der Waals surface area contributed by atoms with Crippen LogP contribution in [0.25, 0.3) is 0 Å². The molecule has 1 aliphatic heterocycles. The van der Waals surface area contributed by atoms with Crippen LogP contribution in [0.5, 0.6) is 0 Å². The smallest absolute Gasteiger partial charge is 0.354 e. The van der Waals surface area contributed by atoms with Gasteiger partial charge in [0.25, 0.3) is 0 Å². The highest BCUT2D eigenvalue weighted by Crippen LogP contribution is 2.51. The van der Waals surface area contributed by atoms with E-state index in [2.05, 4.69) is 9.97 Å². The fourth-order valence-corrected chi connectivity index (χ4v) is 2.80. The van der Waals surface area contributed by atoms with Crippen molar-refractivity contribution in [2.45, 2.75) is 12.1 Å². The van der Waals surface area contributed by atoms with Crippen LogP contribution in [0.2, 0.25) is 10.3 Å². The first kappa shape index (κ1) is 14.4. The molecule has 1 atom stereocenters. The molecule has 1 N–H and O–H groups in total. The van der Waals surface area contributed by atoms with Crippen LogP contribution in [0.3, 0.4) is 0 Å². The minimum Gasteiger partial charge on any atom is -0.394 e. The van der Waals surface area contributed by atoms with Gasteiger partial charge in [0.15, 0.2) is 5.82 Å². The molecule has 110 valence electrons. The molecule has 0 saturated carbocycles. The van der Waals surface area contributed by atoms with Crippen LogP contribution < -0.4 is 4.90 Å². The van der Waals surface area contributed by atoms with Gasteiger partial charge in [0.05, 0.1) is 18.8 Å². The molecule has 0 amide bonds. The van der Waals surface area contributed by atoms with Crippen molar-refractivity contribution in [1.82, 2.24) is 9.97 Å². The third-order valence-electron chi connectivity index (χ3n) is 3.36. The first-order valence-corrected chi connectivity index (χ1v) is 6.78. The number of anilines is 1. The molecule has 1 unspecified atom stereocenters. The standard InChI is InChI=1S/C13H9Cl2F2N3O/c14-9-5-18-12(15)19-11(9)20-10(6-21)7-3-1-2-4-8(7)13(20,16)17/h1-5,10,21H,6H2. The van der Waals surface area contributed by atoms with Crippen molar-refractivity contribution in [2.24, 2.45) is 0 Å². The maximum atomic E-state index is 14.7. The Morgan fingerprint density at radius 1 is 1.29 bits per heavy atom. The Balaban J connectivity index is 2.21. The van der Waals surface area contributed by atoms with Crippen LogP contribution in [0, 0.1) is 0 Å². The molecule has 2 aromatic rings. The summed E-state index contributed by atoms with van der Waals surface area (Å²) in [6.45, 7) is -0.509. The minimum absolute atomic E-state index is 0.0645. The number of alkyl halides is 2. The summed E-state index contributed by atoms with van der Waals surface area (Å²) in [5, 5.41) is 9.28. The SMILES string of the molecule is OCC1c2ccccc2C(F)(F)N1c1nc(Cl)ncc1Cl. The van der Waals surface area contributed by atoms with Crippen LogP contribution >= 0.6 is 23.2 Å². The zero-order valence-electron chi connectivity index (χ0n) is 10.5. The van der Waals surface area contributed by atoms with Gasteiger partial charge in [-0.2, -0.15) is 13.8 Å². The molecule has 1 aromatic carbocycles. The number of hydrogen-bond acceptors (Lipinski definition) is 4. The first-order valence-electron chi connectivity index (χ1n) is 6.02. The highest BCUT2D eigenvalue weighted by molar-refractivity contribution is 6.33. The molecular weight excluding hydrogens is 323 g/mol. The number of hydrogen-bond donors (Lipinski definition) is 1. The largest absolute Gasteiger partial charge is 0.394 e. The Labute approximate surface area is 129 Å². The average Bonchev–Trinajstić information content (AvgIpc) is 2.69. The summed E-state index contributed by atoms with van der Waals surface area (Å²) < 4.78 is 29.4. The van der Waals surface area contributed by atoms with Crippen molar-refractivity contribution in [1.29, 1.82) is 0 Å². The lowest BCUT2D eigenvalue weighted by Crippen LogP contribution is -2.37. The fraction of sp³-hybridized carbons (Fsp3) is 0.231. The van der Waals surface area contributed by atoms with Crippen LogP contribution in [-0.4, -0.2) is 21.7 Å². The summed E-state index contributed by atoms with van der Waals surface area (Å²) in [6, 6.07) is 1.69. The van der Waals surface area contributed by atoms with Gasteiger partial charge >= 0.3 is 6.05 Å². The Morgan fingerprint density at radius 3 is 2.71 bits per heavy atom. The predicted molar refractivity (Wildman–Crippen MR) is 74.7 cm³/mol. The van der Waals surface area contributed by atoms with E-state index in [-0.39, 0.29) is 21.7 Å². The first-order chi connectivity index (χ1) is 9.96. The van der Waals surface area contributed by atoms with E-state index in [1.807, 2.05) is 0 Å². The van der Waals surface area contributed by atoms with Gasteiger partial charge in [0.1, 0.15) is 5.02 Å². The summed E-state index contributed by atoms with van der Waals surface area (Å²) in [7, 11) is 0. The lowest BCUT2D eigenvalue weighted by atomic mass is 10.1. The second-order valence-electron chi connectivity index (χ2n) is 4.51. The van der Waals surface area contributed by atoms with Crippen LogP contribution in [0.15, 0.2) is 30.5 Å². The molecule has 1 aromatic heterocycles. The maximum Gasteiger partial charge on any atom is 0.354 e. The lowest BCUT2D eigenvalue weighted by Gasteiger charge is -2.30. The van der Waals surface area contributed by atoms with Crippen molar-refractivity contribution in [3.8, 4) is 0 Å². The summed E-state index contributed by atoms with van der Waals surface area (Å²) in [5.41, 5.74) is 0.144. The summed E-state index contributed by atoms with van der Waals surface area (Å²) in [4.78, 5) is 8.11. The monoisotopic (exact) mass is 331 g/mol. The zero-order valence-corrected chi connectivity index (χ0v) is 12.0. The number of aromatic nitrogens is 2. The quantitative estimate of drug-likeness (QED) is 0.677. The number of nitrogens with zero attached hydrogens (tertiary/aromatic N) is 3. The van der Waals surface area contributed by atoms with Crippen molar-refractivity contribution in [2.75, 3.05) is 11.5 Å². The third kappa shape index (κ3) is 2.14. The third-order valence-corrected chi connectivity index (χ3v) is 3.80. The van der Waals surface area contributed by atoms with E-state index in [1.54, 1.807) is 12.1 Å². The Kier molecular flexibility index (Phi) is 3.47. The number of aliphatic hydroxyl groups excluding tert-OH is 1. The molecule has 0 aliphatic carbocycles. The molecule has 0 fully saturated rings. The van der Waals surface area contributed by atoms with E-state index in [0.29, 0.717) is 10.5 Å². The van der Waals surface area contributed by atoms with Crippen molar-refractivity contribution < 1.29 is 13.9 Å². The molecule has 0 spiro atoms. The molecule has 21 heavy (non-hydrogen) atoms. The second-order valence-corrected chi connectivity index (χ2v) is 5.25. The second kappa shape index (κ2) is 5.05. The summed E-state index contributed by atoms with van der Waals surface area (Å²) >= 11 is 11.6. The molecule has 1 aliphatic rings. The molecule has 8 heteroatoms. The van der Waals surface area contributed by atoms with Crippen molar-refractivity contribution >= 4 is 29.0 Å². The van der Waals surface area contributed by atoms with E-state index in [0.717, 1.165) is 6.20 Å². The van der Waals surface area contributed by atoms with Gasteiger partial charge in [-0.25, -0.2) is 4.98 Å². The number of fused-ring (bicyclic) bond motifs is 1. The predicted octanol–water partition coefficient (Wildman–Crippen LogP) is 3.39. The van der Waals surface area contributed by atoms with Gasteiger partial charge in [0.2, 0.25) is 5.28 Å². The van der Waals surface area contributed by atoms with Crippen LogP contribution in [-0.2, 0) is 6.05 Å². The van der Waals surface area contributed by atoms with Crippen LogP contribution in [0.1, 0.15) is 17.2 Å². The molecule has 0 bridgehead atoms. The maximum absolute atomic E-state index is 14.7. The van der Waals surface area contributed by atoms with E-state index >= 15 is 0 Å². The molecule has 2 heterocycles. The van der Waals surface area contributed by atoms with Crippen LogP contribution in [0.4, 0.5) is 14.6 Å². The summed E-state index contributed by atoms with van der Waals surface area (Å²) in [6.07, 6.45) is 1.15. The normalized spacial score (nSPS) is 19.7. The molecular formula is C13H9Cl2F2N3O. The molecule has 0 saturated heterocycles. The molecule has 3 rings (SSSR count). The average molecular weight is 332 g/mol. The Morgan fingerprint density at radius 2 is 2.00 bits per heavy atom. The molecule has 0 radical (unpaired) electrons. The van der Waals surface area contributed by atoms with E-state index in [1.165, 1.54) is 12.1 Å². The lowest BCUT2D eigenvalue weighted by molar-refractivity contribution is -0.00774. The van der Waals surface area contributed by atoms with Gasteiger partial charge in [-0.05, 0) is 17.2 Å². The zero-order chi connectivity index (χ0) is 15.2. The van der Waals surface area contributed by atoms with Gasteiger partial charge < -0.3 is 5.11 Å². The molecule has 4 nitrogen and oxygen atoms in total. The van der Waals surface area contributed by atoms with Crippen molar-refractivity contribution in [3.05, 3.63) is 51.9 Å². The number of aliphatic hydroxyl groups is 1. The van der Waals surface area contributed by atoms with E-state index < -0.39 is 18.7 Å². The fourth-order valence-electron chi connectivity index (χ4n) is 2.49. The minimum atomic E-state index is -3.36. The van der Waals surface area contributed by atoms with Gasteiger partial charge in [0, 0.05) is 5.56 Å². The van der Waals surface area contributed by atoms with E-state index in [4.69, 9.17) is 23.2 Å². The highest BCUT2D eigenvalue weighted by atomic mass is 35.5. The van der Waals surface area contributed by atoms with Gasteiger partial charge in [-0.1, -0.05) is 35.9 Å². The Hall–Kier alpha value is -1.50. The van der Waals surface area contributed by atoms with Gasteiger partial charge in [-0.3, -0.25) is 4.90 Å². The van der Waals surface area contributed by atoms with E-state index in [9.17, 15) is 13.9 Å². The number of halogens is 4. The van der Waals surface area contributed by atoms with Crippen molar-refractivity contribution in [3.63, 3.8) is 0 Å². The number of rotatable bonds is 2. The summed E-state index contributed by atoms with van der Waals surface area (Å²) in [5.74, 6) is -0.211. The topological polar surface area (TPSA) is 49.2 Å². The number of benzene rings is 1. The highest BCUT2D eigenvalue weighted by Gasteiger charge is 2.53.